The molecule has 0 N–H and O–H groups in total. The summed E-state index contributed by atoms with van der Waals surface area (Å²) < 4.78 is 0. The lowest BCUT2D eigenvalue weighted by Crippen LogP contribution is -1.93. The SMILES string of the molecule is Cc1cnc(C(C)C)cn1. The van der Waals surface area contributed by atoms with Crippen molar-refractivity contribution < 1.29 is 0 Å². The monoisotopic (exact) mass is 136 g/mol. The van der Waals surface area contributed by atoms with Gasteiger partial charge in [0.1, 0.15) is 0 Å². The Bertz CT molecular complexity index is 201. The van der Waals surface area contributed by atoms with Crippen LogP contribution in [0.2, 0.25) is 0 Å². The van der Waals surface area contributed by atoms with Crippen LogP contribution < -0.4 is 0 Å². The Morgan fingerprint density at radius 2 is 1.90 bits per heavy atom. The van der Waals surface area contributed by atoms with E-state index in [2.05, 4.69) is 23.8 Å². The third-order valence-corrected chi connectivity index (χ3v) is 1.39. The number of aromatic nitrogens is 2. The minimum Gasteiger partial charge on any atom is -0.258 e. The third-order valence-electron chi connectivity index (χ3n) is 1.39. The van der Waals surface area contributed by atoms with Crippen LogP contribution >= 0.6 is 0 Å². The van der Waals surface area contributed by atoms with E-state index in [1.807, 2.05) is 13.1 Å². The van der Waals surface area contributed by atoms with Crippen molar-refractivity contribution in [1.82, 2.24) is 9.97 Å². The zero-order valence-electron chi connectivity index (χ0n) is 6.63. The van der Waals surface area contributed by atoms with E-state index in [0.717, 1.165) is 11.4 Å². The first-order valence-electron chi connectivity index (χ1n) is 3.48. The summed E-state index contributed by atoms with van der Waals surface area (Å²) in [6, 6.07) is 0. The second-order valence-corrected chi connectivity index (χ2v) is 2.74. The summed E-state index contributed by atoms with van der Waals surface area (Å²) in [7, 11) is 0. The van der Waals surface area contributed by atoms with Crippen LogP contribution in [0.5, 0.6) is 0 Å². The zero-order chi connectivity index (χ0) is 7.56. The largest absolute Gasteiger partial charge is 0.258 e. The standard InChI is InChI=1S/C8H12N2/c1-6(2)8-5-9-7(3)4-10-8/h4-6H,1-3H3. The molecule has 0 aromatic carbocycles. The lowest BCUT2D eigenvalue weighted by Gasteiger charge is -2.01. The van der Waals surface area contributed by atoms with Crippen molar-refractivity contribution in [1.29, 1.82) is 0 Å². The Balaban J connectivity index is 2.89. The van der Waals surface area contributed by atoms with Crippen LogP contribution in [0.4, 0.5) is 0 Å². The summed E-state index contributed by atoms with van der Waals surface area (Å²) in [5.41, 5.74) is 2.04. The van der Waals surface area contributed by atoms with Gasteiger partial charge in [0.15, 0.2) is 0 Å². The first kappa shape index (κ1) is 7.19. The fourth-order valence-corrected chi connectivity index (χ4v) is 0.701. The number of nitrogens with zero attached hydrogens (tertiary/aromatic N) is 2. The predicted molar refractivity (Wildman–Crippen MR) is 40.9 cm³/mol. The van der Waals surface area contributed by atoms with Crippen molar-refractivity contribution in [2.45, 2.75) is 26.7 Å². The Kier molecular flexibility index (Phi) is 2.00. The van der Waals surface area contributed by atoms with E-state index in [-0.39, 0.29) is 0 Å². The molecule has 0 fully saturated rings. The number of hydrogen-bond donors (Lipinski definition) is 0. The highest BCUT2D eigenvalue weighted by Gasteiger charge is 1.98. The van der Waals surface area contributed by atoms with Crippen molar-refractivity contribution in [3.8, 4) is 0 Å². The van der Waals surface area contributed by atoms with Gasteiger partial charge in [0.05, 0.1) is 11.4 Å². The van der Waals surface area contributed by atoms with Gasteiger partial charge in [-0.2, -0.15) is 0 Å². The van der Waals surface area contributed by atoms with Gasteiger partial charge in [0.2, 0.25) is 0 Å². The van der Waals surface area contributed by atoms with Crippen molar-refractivity contribution >= 4 is 0 Å². The first-order chi connectivity index (χ1) is 4.70. The lowest BCUT2D eigenvalue weighted by molar-refractivity contribution is 0.807. The van der Waals surface area contributed by atoms with E-state index >= 15 is 0 Å². The number of rotatable bonds is 1. The average molecular weight is 136 g/mol. The smallest absolute Gasteiger partial charge is 0.0612 e. The van der Waals surface area contributed by atoms with E-state index in [1.54, 1.807) is 6.20 Å². The summed E-state index contributed by atoms with van der Waals surface area (Å²) in [5.74, 6) is 0.480. The molecule has 0 atom stereocenters. The van der Waals surface area contributed by atoms with Crippen LogP contribution in [-0.2, 0) is 0 Å². The van der Waals surface area contributed by atoms with Crippen molar-refractivity contribution in [2.24, 2.45) is 0 Å². The molecule has 0 spiro atoms. The molecule has 0 saturated carbocycles. The van der Waals surface area contributed by atoms with E-state index in [9.17, 15) is 0 Å². The predicted octanol–water partition coefficient (Wildman–Crippen LogP) is 1.91. The molecule has 0 amide bonds. The summed E-state index contributed by atoms with van der Waals surface area (Å²) in [6.07, 6.45) is 3.63. The fraction of sp³-hybridized carbons (Fsp3) is 0.500. The molecule has 0 saturated heterocycles. The summed E-state index contributed by atoms with van der Waals surface area (Å²) in [6.45, 7) is 6.16. The van der Waals surface area contributed by atoms with Gasteiger partial charge in [-0.15, -0.1) is 0 Å². The lowest BCUT2D eigenvalue weighted by atomic mass is 10.1. The molecule has 2 nitrogen and oxygen atoms in total. The molecule has 0 unspecified atom stereocenters. The van der Waals surface area contributed by atoms with Gasteiger partial charge in [-0.1, -0.05) is 13.8 Å². The van der Waals surface area contributed by atoms with Gasteiger partial charge in [-0.3, -0.25) is 9.97 Å². The van der Waals surface area contributed by atoms with Crippen LogP contribution in [0.1, 0.15) is 31.2 Å². The molecule has 1 rings (SSSR count). The summed E-state index contributed by atoms with van der Waals surface area (Å²) >= 11 is 0. The minimum atomic E-state index is 0.480. The molecule has 1 aromatic heterocycles. The number of aryl methyl sites for hydroxylation is 1. The summed E-state index contributed by atoms with van der Waals surface area (Å²) in [5, 5.41) is 0. The Hall–Kier alpha value is -0.920. The molecule has 1 aromatic rings. The Morgan fingerprint density at radius 3 is 2.30 bits per heavy atom. The molecule has 0 bridgehead atoms. The zero-order valence-corrected chi connectivity index (χ0v) is 6.63. The maximum absolute atomic E-state index is 4.22. The van der Waals surface area contributed by atoms with Crippen molar-refractivity contribution in [3.63, 3.8) is 0 Å². The molecule has 10 heavy (non-hydrogen) atoms. The van der Waals surface area contributed by atoms with Gasteiger partial charge < -0.3 is 0 Å². The third kappa shape index (κ3) is 1.53. The quantitative estimate of drug-likeness (QED) is 0.589. The van der Waals surface area contributed by atoms with Gasteiger partial charge >= 0.3 is 0 Å². The molecule has 0 radical (unpaired) electrons. The second kappa shape index (κ2) is 2.78. The van der Waals surface area contributed by atoms with Crippen LogP contribution in [-0.4, -0.2) is 9.97 Å². The molecule has 1 heterocycles. The summed E-state index contributed by atoms with van der Waals surface area (Å²) in [4.78, 5) is 8.35. The van der Waals surface area contributed by atoms with Crippen LogP contribution in [0.15, 0.2) is 12.4 Å². The van der Waals surface area contributed by atoms with Crippen molar-refractivity contribution in [2.75, 3.05) is 0 Å². The highest BCUT2D eigenvalue weighted by Crippen LogP contribution is 2.08. The minimum absolute atomic E-state index is 0.480. The van der Waals surface area contributed by atoms with Crippen LogP contribution in [0, 0.1) is 6.92 Å². The molecular weight excluding hydrogens is 124 g/mol. The maximum Gasteiger partial charge on any atom is 0.0612 e. The highest BCUT2D eigenvalue weighted by molar-refractivity contribution is 5.03. The van der Waals surface area contributed by atoms with Gasteiger partial charge in [0, 0.05) is 12.4 Å². The van der Waals surface area contributed by atoms with E-state index in [0.29, 0.717) is 5.92 Å². The molecule has 0 aliphatic rings. The Labute approximate surface area is 61.3 Å². The molecular formula is C8H12N2. The maximum atomic E-state index is 4.22. The fourth-order valence-electron chi connectivity index (χ4n) is 0.701. The molecule has 54 valence electrons. The van der Waals surface area contributed by atoms with E-state index in [4.69, 9.17) is 0 Å². The van der Waals surface area contributed by atoms with E-state index < -0.39 is 0 Å². The Morgan fingerprint density at radius 1 is 1.20 bits per heavy atom. The molecule has 2 heteroatoms. The van der Waals surface area contributed by atoms with Crippen molar-refractivity contribution in [3.05, 3.63) is 23.8 Å². The molecule has 0 aliphatic carbocycles. The van der Waals surface area contributed by atoms with Crippen LogP contribution in [0.3, 0.4) is 0 Å². The average Bonchev–Trinajstić information content (AvgIpc) is 1.88. The van der Waals surface area contributed by atoms with Gasteiger partial charge in [-0.05, 0) is 12.8 Å². The van der Waals surface area contributed by atoms with E-state index in [1.165, 1.54) is 0 Å². The number of hydrogen-bond acceptors (Lipinski definition) is 2. The second-order valence-electron chi connectivity index (χ2n) is 2.74. The molecule has 0 aliphatic heterocycles. The van der Waals surface area contributed by atoms with Crippen LogP contribution in [0.25, 0.3) is 0 Å². The first-order valence-corrected chi connectivity index (χ1v) is 3.48. The highest BCUT2D eigenvalue weighted by atomic mass is 14.8. The normalized spacial score (nSPS) is 10.4. The topological polar surface area (TPSA) is 25.8 Å². The van der Waals surface area contributed by atoms with Gasteiger partial charge in [0.25, 0.3) is 0 Å². The van der Waals surface area contributed by atoms with Gasteiger partial charge in [-0.25, -0.2) is 0 Å².